The van der Waals surface area contributed by atoms with Gasteiger partial charge in [-0.25, -0.2) is 19.3 Å². The first kappa shape index (κ1) is 8.50. The van der Waals surface area contributed by atoms with Crippen molar-refractivity contribution in [2.24, 2.45) is 0 Å². The number of imidazole rings is 2. The highest BCUT2D eigenvalue weighted by Gasteiger charge is 2.03. The predicted octanol–water partition coefficient (Wildman–Crippen LogP) is 1.68. The second-order valence-corrected chi connectivity index (χ2v) is 2.67. The maximum absolute atomic E-state index is 4.13. The second-order valence-electron chi connectivity index (χ2n) is 2.67. The minimum absolute atomic E-state index is 0.770. The van der Waals surface area contributed by atoms with Crippen molar-refractivity contribution in [3.63, 3.8) is 0 Å². The van der Waals surface area contributed by atoms with E-state index in [-0.39, 0.29) is 0 Å². The first-order valence-corrected chi connectivity index (χ1v) is 4.19. The Morgan fingerprint density at radius 1 is 0.929 bits per heavy atom. The van der Waals surface area contributed by atoms with Crippen LogP contribution in [-0.2, 0) is 0 Å². The molecule has 2 heterocycles. The number of hydrogen-bond donors (Lipinski definition) is 0. The summed E-state index contributed by atoms with van der Waals surface area (Å²) in [5, 5.41) is 0. The Morgan fingerprint density at radius 2 is 1.36 bits per heavy atom. The smallest absolute Gasteiger partial charge is 0.151 e. The molecule has 0 saturated heterocycles. The van der Waals surface area contributed by atoms with Crippen molar-refractivity contribution in [1.82, 2.24) is 19.3 Å². The third-order valence-corrected chi connectivity index (χ3v) is 1.90. The molecule has 0 N–H and O–H groups in total. The fraction of sp³-hybridized carbons (Fsp3) is 0. The van der Waals surface area contributed by atoms with Gasteiger partial charge in [-0.1, -0.05) is 13.2 Å². The van der Waals surface area contributed by atoms with E-state index in [1.54, 1.807) is 24.5 Å². The van der Waals surface area contributed by atoms with Gasteiger partial charge in [-0.05, 0) is 12.2 Å². The van der Waals surface area contributed by atoms with Gasteiger partial charge in [0, 0.05) is 24.8 Å². The average Bonchev–Trinajstić information content (AvgIpc) is 2.85. The minimum atomic E-state index is 0.770. The van der Waals surface area contributed by atoms with Crippen LogP contribution in [0.3, 0.4) is 0 Å². The lowest BCUT2D eigenvalue weighted by atomic mass is 10.6. The van der Waals surface area contributed by atoms with E-state index in [1.165, 1.54) is 0 Å². The predicted molar refractivity (Wildman–Crippen MR) is 55.4 cm³/mol. The number of aromatic nitrogens is 4. The summed E-state index contributed by atoms with van der Waals surface area (Å²) in [5.41, 5.74) is 0. The summed E-state index contributed by atoms with van der Waals surface area (Å²) in [6.07, 6.45) is 10.5. The number of hydrogen-bond acceptors (Lipinski definition) is 2. The molecule has 0 bridgehead atoms. The molecule has 0 aliphatic rings. The summed E-state index contributed by atoms with van der Waals surface area (Å²) >= 11 is 0. The highest BCUT2D eigenvalue weighted by Crippen LogP contribution is 2.05. The standard InChI is InChI=1S/C10H10N4/c1-3-9-11-5-7-13(9)14-8-6-12-10(14)4-2/h3-8H,1-2H2. The van der Waals surface area contributed by atoms with E-state index in [0.29, 0.717) is 0 Å². The Balaban J connectivity index is 2.59. The summed E-state index contributed by atoms with van der Waals surface area (Å²) in [6.45, 7) is 7.37. The molecule has 2 aromatic rings. The van der Waals surface area contributed by atoms with E-state index in [0.717, 1.165) is 11.6 Å². The Bertz CT molecular complexity index is 420. The average molecular weight is 186 g/mol. The van der Waals surface area contributed by atoms with Crippen molar-refractivity contribution in [2.45, 2.75) is 0 Å². The van der Waals surface area contributed by atoms with Gasteiger partial charge in [-0.2, -0.15) is 0 Å². The maximum Gasteiger partial charge on any atom is 0.151 e. The number of nitrogens with zero attached hydrogens (tertiary/aromatic N) is 4. The van der Waals surface area contributed by atoms with Crippen LogP contribution in [0.25, 0.3) is 12.2 Å². The van der Waals surface area contributed by atoms with Crippen molar-refractivity contribution in [1.29, 1.82) is 0 Å². The molecule has 0 amide bonds. The SMILES string of the molecule is C=Cc1nccn1-n1ccnc1C=C. The van der Waals surface area contributed by atoms with Gasteiger partial charge in [-0.15, -0.1) is 0 Å². The normalized spacial score (nSPS) is 10.0. The molecule has 2 aromatic heterocycles. The molecule has 0 spiro atoms. The Morgan fingerprint density at radius 3 is 1.71 bits per heavy atom. The summed E-state index contributed by atoms with van der Waals surface area (Å²) in [5.74, 6) is 1.54. The highest BCUT2D eigenvalue weighted by atomic mass is 15.5. The molecule has 4 nitrogen and oxygen atoms in total. The van der Waals surface area contributed by atoms with Gasteiger partial charge in [0.25, 0.3) is 0 Å². The van der Waals surface area contributed by atoms with Crippen LogP contribution in [0.5, 0.6) is 0 Å². The zero-order valence-corrected chi connectivity index (χ0v) is 7.67. The summed E-state index contributed by atoms with van der Waals surface area (Å²) in [4.78, 5) is 8.26. The first-order chi connectivity index (χ1) is 6.86. The molecule has 0 aromatic carbocycles. The van der Waals surface area contributed by atoms with Crippen LogP contribution in [0.1, 0.15) is 11.6 Å². The lowest BCUT2D eigenvalue weighted by Crippen LogP contribution is -2.10. The van der Waals surface area contributed by atoms with Gasteiger partial charge in [0.2, 0.25) is 0 Å². The van der Waals surface area contributed by atoms with Gasteiger partial charge in [0.15, 0.2) is 11.6 Å². The Labute approximate surface area is 81.8 Å². The zero-order chi connectivity index (χ0) is 9.97. The van der Waals surface area contributed by atoms with Crippen molar-refractivity contribution in [3.8, 4) is 0 Å². The van der Waals surface area contributed by atoms with Crippen LogP contribution in [0, 0.1) is 0 Å². The largest absolute Gasteiger partial charge is 0.236 e. The van der Waals surface area contributed by atoms with Gasteiger partial charge < -0.3 is 0 Å². The van der Waals surface area contributed by atoms with Crippen LogP contribution >= 0.6 is 0 Å². The van der Waals surface area contributed by atoms with Crippen molar-refractivity contribution >= 4 is 12.2 Å². The van der Waals surface area contributed by atoms with Gasteiger partial charge >= 0.3 is 0 Å². The van der Waals surface area contributed by atoms with Crippen LogP contribution in [0.4, 0.5) is 0 Å². The molecular formula is C10H10N4. The molecule has 0 saturated carbocycles. The van der Waals surface area contributed by atoms with Crippen LogP contribution < -0.4 is 0 Å². The molecule has 2 rings (SSSR count). The first-order valence-electron chi connectivity index (χ1n) is 4.19. The Kier molecular flexibility index (Phi) is 2.02. The fourth-order valence-electron chi connectivity index (χ4n) is 1.27. The monoisotopic (exact) mass is 186 g/mol. The molecule has 14 heavy (non-hydrogen) atoms. The topological polar surface area (TPSA) is 35.6 Å². The van der Waals surface area contributed by atoms with Crippen molar-refractivity contribution in [2.75, 3.05) is 0 Å². The third-order valence-electron chi connectivity index (χ3n) is 1.90. The van der Waals surface area contributed by atoms with Gasteiger partial charge in [0.05, 0.1) is 0 Å². The zero-order valence-electron chi connectivity index (χ0n) is 7.67. The molecular weight excluding hydrogens is 176 g/mol. The van der Waals surface area contributed by atoms with Gasteiger partial charge in [0.1, 0.15) is 0 Å². The quantitative estimate of drug-likeness (QED) is 0.731. The Hall–Kier alpha value is -2.10. The molecule has 0 aliphatic carbocycles. The highest BCUT2D eigenvalue weighted by molar-refractivity contribution is 5.40. The summed E-state index contributed by atoms with van der Waals surface area (Å²) in [7, 11) is 0. The van der Waals surface area contributed by atoms with E-state index in [2.05, 4.69) is 23.1 Å². The lowest BCUT2D eigenvalue weighted by Gasteiger charge is -2.07. The molecule has 0 unspecified atom stereocenters. The van der Waals surface area contributed by atoms with Crippen LogP contribution in [-0.4, -0.2) is 19.3 Å². The minimum Gasteiger partial charge on any atom is -0.236 e. The summed E-state index contributed by atoms with van der Waals surface area (Å²) < 4.78 is 3.69. The molecule has 0 radical (unpaired) electrons. The van der Waals surface area contributed by atoms with Crippen LogP contribution in [0.15, 0.2) is 37.9 Å². The molecule has 0 atom stereocenters. The molecule has 0 fully saturated rings. The fourth-order valence-corrected chi connectivity index (χ4v) is 1.27. The third kappa shape index (κ3) is 1.17. The van der Waals surface area contributed by atoms with Gasteiger partial charge in [-0.3, -0.25) is 0 Å². The number of rotatable bonds is 3. The summed E-state index contributed by atoms with van der Waals surface area (Å²) in [6, 6.07) is 0. The van der Waals surface area contributed by atoms with Crippen molar-refractivity contribution in [3.05, 3.63) is 49.6 Å². The maximum atomic E-state index is 4.13. The molecule has 70 valence electrons. The van der Waals surface area contributed by atoms with E-state index in [1.807, 2.05) is 21.7 Å². The van der Waals surface area contributed by atoms with Crippen LogP contribution in [0.2, 0.25) is 0 Å². The van der Waals surface area contributed by atoms with E-state index in [4.69, 9.17) is 0 Å². The second kappa shape index (κ2) is 3.33. The van der Waals surface area contributed by atoms with E-state index >= 15 is 0 Å². The molecule has 4 heteroatoms. The molecule has 0 aliphatic heterocycles. The van der Waals surface area contributed by atoms with Crippen molar-refractivity contribution < 1.29 is 0 Å². The van der Waals surface area contributed by atoms with E-state index < -0.39 is 0 Å². The lowest BCUT2D eigenvalue weighted by molar-refractivity contribution is 0.643. The van der Waals surface area contributed by atoms with E-state index in [9.17, 15) is 0 Å².